The Kier molecular flexibility index (Phi) is 9.46. The molecular formula is C16H19Cl2N3O2. The van der Waals surface area contributed by atoms with Gasteiger partial charge in [0.1, 0.15) is 0 Å². The van der Waals surface area contributed by atoms with Crippen LogP contribution in [0.5, 0.6) is 0 Å². The number of unbranched alkanes of at least 4 members (excludes halogenated alkanes) is 1. The summed E-state index contributed by atoms with van der Waals surface area (Å²) in [5, 5.41) is 1.54. The molecule has 124 valence electrons. The van der Waals surface area contributed by atoms with E-state index in [1.54, 1.807) is 0 Å². The first-order chi connectivity index (χ1) is 11.1. The Morgan fingerprint density at radius 3 is 2.30 bits per heavy atom. The van der Waals surface area contributed by atoms with Crippen LogP contribution in [0.4, 0.5) is 0 Å². The van der Waals surface area contributed by atoms with E-state index in [1.165, 1.54) is 23.3 Å². The normalized spacial score (nSPS) is 13.0. The predicted octanol–water partition coefficient (Wildman–Crippen LogP) is 3.42. The summed E-state index contributed by atoms with van der Waals surface area (Å²) < 4.78 is 0. The Bertz CT molecular complexity index is 590. The van der Waals surface area contributed by atoms with Gasteiger partial charge in [-0.15, -0.1) is 0 Å². The SMILES string of the molecule is CN1CCc2cc(Cl)cc(Cl)c2C1.O=C=NCCCCN=C=O. The molecule has 1 aliphatic heterocycles. The maximum atomic E-state index is 9.52. The molecule has 0 fully saturated rings. The highest BCUT2D eigenvalue weighted by Crippen LogP contribution is 2.29. The number of likely N-dealkylation sites (N-methyl/N-ethyl adjacent to an activating group) is 1. The topological polar surface area (TPSA) is 62.1 Å². The minimum Gasteiger partial charge on any atom is -0.302 e. The van der Waals surface area contributed by atoms with Gasteiger partial charge < -0.3 is 4.90 Å². The predicted molar refractivity (Wildman–Crippen MR) is 91.7 cm³/mol. The lowest BCUT2D eigenvalue weighted by atomic mass is 10.0. The van der Waals surface area contributed by atoms with Crippen molar-refractivity contribution in [3.63, 3.8) is 0 Å². The van der Waals surface area contributed by atoms with Crippen molar-refractivity contribution in [3.05, 3.63) is 33.3 Å². The molecule has 0 bridgehead atoms. The van der Waals surface area contributed by atoms with Crippen LogP contribution in [-0.2, 0) is 22.6 Å². The molecule has 0 aromatic heterocycles. The summed E-state index contributed by atoms with van der Waals surface area (Å²) in [4.78, 5) is 27.9. The van der Waals surface area contributed by atoms with Crippen molar-refractivity contribution in [2.45, 2.75) is 25.8 Å². The molecule has 1 aromatic carbocycles. The second-order valence-electron chi connectivity index (χ2n) is 5.17. The smallest absolute Gasteiger partial charge is 0.234 e. The zero-order chi connectivity index (χ0) is 17.1. The van der Waals surface area contributed by atoms with E-state index in [1.807, 2.05) is 12.1 Å². The van der Waals surface area contributed by atoms with Crippen LogP contribution in [0.1, 0.15) is 24.0 Å². The maximum Gasteiger partial charge on any atom is 0.234 e. The summed E-state index contributed by atoms with van der Waals surface area (Å²) in [5.41, 5.74) is 2.54. The lowest BCUT2D eigenvalue weighted by Crippen LogP contribution is -2.26. The van der Waals surface area contributed by atoms with Gasteiger partial charge in [0, 0.05) is 23.1 Å². The number of halogens is 2. The number of nitrogens with zero attached hydrogens (tertiary/aromatic N) is 3. The fraction of sp³-hybridized carbons (Fsp3) is 0.500. The number of aliphatic imine (C=N–C) groups is 2. The molecule has 0 amide bonds. The molecule has 5 nitrogen and oxygen atoms in total. The molecule has 0 atom stereocenters. The molecule has 0 radical (unpaired) electrons. The van der Waals surface area contributed by atoms with E-state index in [2.05, 4.69) is 21.9 Å². The van der Waals surface area contributed by atoms with E-state index < -0.39 is 0 Å². The molecule has 0 N–H and O–H groups in total. The fourth-order valence-corrected chi connectivity index (χ4v) is 2.79. The molecule has 1 aromatic rings. The molecule has 0 spiro atoms. The highest BCUT2D eigenvalue weighted by atomic mass is 35.5. The quantitative estimate of drug-likeness (QED) is 0.461. The van der Waals surface area contributed by atoms with E-state index >= 15 is 0 Å². The molecule has 1 heterocycles. The van der Waals surface area contributed by atoms with Gasteiger partial charge in [-0.3, -0.25) is 0 Å². The Morgan fingerprint density at radius 1 is 1.13 bits per heavy atom. The number of isocyanates is 2. The molecule has 0 saturated heterocycles. The van der Waals surface area contributed by atoms with Crippen LogP contribution in [0.3, 0.4) is 0 Å². The summed E-state index contributed by atoms with van der Waals surface area (Å²) in [7, 11) is 2.11. The Hall–Kier alpha value is -1.48. The number of hydrogen-bond acceptors (Lipinski definition) is 5. The van der Waals surface area contributed by atoms with Gasteiger partial charge in [0.2, 0.25) is 12.2 Å². The van der Waals surface area contributed by atoms with Crippen LogP contribution in [0.2, 0.25) is 10.0 Å². The van der Waals surface area contributed by atoms with E-state index in [4.69, 9.17) is 23.2 Å². The lowest BCUT2D eigenvalue weighted by molar-refractivity contribution is 0.313. The van der Waals surface area contributed by atoms with Crippen LogP contribution < -0.4 is 0 Å². The van der Waals surface area contributed by atoms with Gasteiger partial charge in [0.15, 0.2) is 0 Å². The van der Waals surface area contributed by atoms with Gasteiger partial charge in [-0.25, -0.2) is 19.6 Å². The number of rotatable bonds is 5. The van der Waals surface area contributed by atoms with Crippen molar-refractivity contribution >= 4 is 35.4 Å². The molecular weight excluding hydrogens is 337 g/mol. The molecule has 23 heavy (non-hydrogen) atoms. The first-order valence-electron chi connectivity index (χ1n) is 7.31. The van der Waals surface area contributed by atoms with Crippen LogP contribution in [-0.4, -0.2) is 43.7 Å². The summed E-state index contributed by atoms with van der Waals surface area (Å²) >= 11 is 12.0. The molecule has 0 aliphatic carbocycles. The molecule has 2 rings (SSSR count). The van der Waals surface area contributed by atoms with Gasteiger partial charge >= 0.3 is 0 Å². The van der Waals surface area contributed by atoms with E-state index in [-0.39, 0.29) is 0 Å². The van der Waals surface area contributed by atoms with Crippen LogP contribution >= 0.6 is 23.2 Å². The molecule has 7 heteroatoms. The maximum absolute atomic E-state index is 9.52. The standard InChI is InChI=1S/C10H11Cl2N.C6H8N2O2/c1-13-3-2-7-4-8(11)5-10(12)9(7)6-13;9-5-7-3-1-2-4-8-6-10/h4-5H,2-3,6H2,1H3;1-4H2. The number of benzene rings is 1. The highest BCUT2D eigenvalue weighted by molar-refractivity contribution is 6.35. The highest BCUT2D eigenvalue weighted by Gasteiger charge is 2.16. The van der Waals surface area contributed by atoms with Gasteiger partial charge in [0.05, 0.1) is 13.1 Å². The first kappa shape index (κ1) is 19.6. The Balaban J connectivity index is 0.000000241. The van der Waals surface area contributed by atoms with Crippen molar-refractivity contribution in [2.24, 2.45) is 9.98 Å². The van der Waals surface area contributed by atoms with Crippen LogP contribution in [0.25, 0.3) is 0 Å². The zero-order valence-corrected chi connectivity index (χ0v) is 14.5. The Labute approximate surface area is 146 Å². The van der Waals surface area contributed by atoms with Crippen molar-refractivity contribution < 1.29 is 9.59 Å². The minimum absolute atomic E-state index is 0.470. The lowest BCUT2D eigenvalue weighted by Gasteiger charge is -2.25. The van der Waals surface area contributed by atoms with Gasteiger partial charge in [0.25, 0.3) is 0 Å². The van der Waals surface area contributed by atoms with E-state index in [9.17, 15) is 9.59 Å². The second kappa shape index (κ2) is 11.1. The number of hydrogen-bond donors (Lipinski definition) is 0. The van der Waals surface area contributed by atoms with Crippen LogP contribution in [0, 0.1) is 0 Å². The Morgan fingerprint density at radius 2 is 1.74 bits per heavy atom. The van der Waals surface area contributed by atoms with Gasteiger partial charge in [-0.2, -0.15) is 0 Å². The number of fused-ring (bicyclic) bond motifs is 1. The third-order valence-corrected chi connectivity index (χ3v) is 3.92. The second-order valence-corrected chi connectivity index (χ2v) is 6.01. The minimum atomic E-state index is 0.470. The molecule has 0 unspecified atom stereocenters. The average Bonchev–Trinajstić information content (AvgIpc) is 2.52. The zero-order valence-electron chi connectivity index (χ0n) is 13.0. The van der Waals surface area contributed by atoms with Crippen molar-refractivity contribution in [2.75, 3.05) is 26.7 Å². The first-order valence-corrected chi connectivity index (χ1v) is 8.06. The van der Waals surface area contributed by atoms with Crippen molar-refractivity contribution in [3.8, 4) is 0 Å². The van der Waals surface area contributed by atoms with Crippen molar-refractivity contribution in [1.29, 1.82) is 0 Å². The largest absolute Gasteiger partial charge is 0.302 e. The third-order valence-electron chi connectivity index (χ3n) is 3.36. The average molecular weight is 356 g/mol. The van der Waals surface area contributed by atoms with Crippen LogP contribution in [0.15, 0.2) is 22.1 Å². The van der Waals surface area contributed by atoms with Gasteiger partial charge in [-0.1, -0.05) is 23.2 Å². The van der Waals surface area contributed by atoms with E-state index in [0.29, 0.717) is 13.1 Å². The van der Waals surface area contributed by atoms with Crippen molar-refractivity contribution in [1.82, 2.24) is 4.90 Å². The van der Waals surface area contributed by atoms with E-state index in [0.717, 1.165) is 42.4 Å². The third kappa shape index (κ3) is 7.56. The van der Waals surface area contributed by atoms with Gasteiger partial charge in [-0.05, 0) is 49.6 Å². The molecule has 0 saturated carbocycles. The molecule has 1 aliphatic rings. The summed E-state index contributed by atoms with van der Waals surface area (Å²) in [5.74, 6) is 0. The fourth-order valence-electron chi connectivity index (χ4n) is 2.19. The summed E-state index contributed by atoms with van der Waals surface area (Å²) in [6.07, 6.45) is 5.43. The summed E-state index contributed by atoms with van der Waals surface area (Å²) in [6, 6.07) is 3.84. The number of carbonyl (C=O) groups excluding carboxylic acids is 2. The summed E-state index contributed by atoms with van der Waals surface area (Å²) in [6.45, 7) is 2.96. The monoisotopic (exact) mass is 355 g/mol.